The van der Waals surface area contributed by atoms with Crippen molar-refractivity contribution in [3.63, 3.8) is 0 Å². The minimum absolute atomic E-state index is 0.0432. The lowest BCUT2D eigenvalue weighted by atomic mass is 9.80. The highest BCUT2D eigenvalue weighted by atomic mass is 16.5. The summed E-state index contributed by atoms with van der Waals surface area (Å²) in [6.45, 7) is 2.46. The van der Waals surface area contributed by atoms with Crippen molar-refractivity contribution in [3.8, 4) is 5.75 Å². The molecule has 6 nitrogen and oxygen atoms in total. The van der Waals surface area contributed by atoms with Crippen LogP contribution in [0.25, 0.3) is 0 Å². The van der Waals surface area contributed by atoms with Crippen molar-refractivity contribution in [3.05, 3.63) is 29.3 Å². The van der Waals surface area contributed by atoms with Gasteiger partial charge in [0.1, 0.15) is 5.75 Å². The number of carbonyl (C=O) groups is 2. The number of carboxylic acids is 1. The van der Waals surface area contributed by atoms with Crippen LogP contribution < -0.4 is 5.32 Å². The Hall–Kier alpha value is -2.08. The van der Waals surface area contributed by atoms with Gasteiger partial charge < -0.3 is 20.3 Å². The van der Waals surface area contributed by atoms with Gasteiger partial charge in [-0.25, -0.2) is 0 Å². The molecule has 1 aliphatic heterocycles. The van der Waals surface area contributed by atoms with Crippen LogP contribution in [0.15, 0.2) is 18.2 Å². The second kappa shape index (κ2) is 6.13. The number of hydrogen-bond donors (Lipinski definition) is 3. The molecule has 1 aromatic rings. The average Bonchev–Trinajstić information content (AvgIpc) is 2.48. The summed E-state index contributed by atoms with van der Waals surface area (Å²) in [5.41, 5.74) is -0.146. The van der Waals surface area contributed by atoms with E-state index in [1.54, 1.807) is 19.1 Å². The molecule has 0 unspecified atom stereocenters. The number of hydrogen-bond acceptors (Lipinski definition) is 4. The fourth-order valence-corrected chi connectivity index (χ4v) is 2.44. The number of aromatic hydroxyl groups is 1. The van der Waals surface area contributed by atoms with Crippen LogP contribution >= 0.6 is 0 Å². The van der Waals surface area contributed by atoms with Crippen LogP contribution in [0.2, 0.25) is 0 Å². The molecule has 0 radical (unpaired) electrons. The van der Waals surface area contributed by atoms with Gasteiger partial charge in [-0.2, -0.15) is 0 Å². The number of amides is 1. The largest absolute Gasteiger partial charge is 0.508 e. The lowest BCUT2D eigenvalue weighted by molar-refractivity contribution is -0.154. The molecule has 1 saturated heterocycles. The van der Waals surface area contributed by atoms with Gasteiger partial charge in [0.15, 0.2) is 0 Å². The zero-order chi connectivity index (χ0) is 15.5. The molecule has 0 saturated carbocycles. The third kappa shape index (κ3) is 3.16. The Labute approximate surface area is 122 Å². The Morgan fingerprint density at radius 3 is 2.62 bits per heavy atom. The molecular formula is C15H19NO5. The molecular weight excluding hydrogens is 274 g/mol. The lowest BCUT2D eigenvalue weighted by Crippen LogP contribution is -2.46. The van der Waals surface area contributed by atoms with Crippen molar-refractivity contribution in [2.24, 2.45) is 5.41 Å². The van der Waals surface area contributed by atoms with Crippen LogP contribution in [0.5, 0.6) is 5.75 Å². The minimum Gasteiger partial charge on any atom is -0.508 e. The number of phenols is 1. The van der Waals surface area contributed by atoms with Crippen LogP contribution in [-0.2, 0) is 9.53 Å². The van der Waals surface area contributed by atoms with Crippen molar-refractivity contribution >= 4 is 11.9 Å². The van der Waals surface area contributed by atoms with Crippen molar-refractivity contribution in [1.29, 1.82) is 0 Å². The lowest BCUT2D eigenvalue weighted by Gasteiger charge is -2.33. The first-order valence-corrected chi connectivity index (χ1v) is 6.84. The normalized spacial score (nSPS) is 17.2. The number of aliphatic carboxylic acids is 1. The Balaban J connectivity index is 2.09. The number of nitrogens with one attached hydrogen (secondary N) is 1. The first-order valence-electron chi connectivity index (χ1n) is 6.84. The summed E-state index contributed by atoms with van der Waals surface area (Å²) in [4.78, 5) is 23.7. The summed E-state index contributed by atoms with van der Waals surface area (Å²) in [5, 5.41) is 21.7. The van der Waals surface area contributed by atoms with Gasteiger partial charge in [0.05, 0.1) is 5.41 Å². The third-order valence-electron chi connectivity index (χ3n) is 4.04. The zero-order valence-electron chi connectivity index (χ0n) is 11.9. The smallest absolute Gasteiger partial charge is 0.311 e. The van der Waals surface area contributed by atoms with Crippen molar-refractivity contribution < 1.29 is 24.5 Å². The molecule has 3 N–H and O–H groups in total. The SMILES string of the molecule is Cc1c(O)cccc1C(=O)NCC1(C(=O)O)CCOCC1. The fraction of sp³-hybridized carbons (Fsp3) is 0.467. The summed E-state index contributed by atoms with van der Waals surface area (Å²) in [7, 11) is 0. The summed E-state index contributed by atoms with van der Waals surface area (Å²) in [6, 6.07) is 4.68. The molecule has 2 rings (SSSR count). The number of benzene rings is 1. The van der Waals surface area contributed by atoms with Crippen molar-refractivity contribution in [1.82, 2.24) is 5.32 Å². The standard InChI is InChI=1S/C15H19NO5/c1-10-11(3-2-4-12(10)17)13(18)16-9-15(14(19)20)5-7-21-8-6-15/h2-4,17H,5-9H2,1H3,(H,16,18)(H,19,20). The number of ether oxygens (including phenoxy) is 1. The molecule has 1 fully saturated rings. The van der Waals surface area contributed by atoms with Gasteiger partial charge in [0.25, 0.3) is 5.91 Å². The molecule has 0 bridgehead atoms. The molecule has 0 aromatic heterocycles. The van der Waals surface area contributed by atoms with Crippen LogP contribution in [0.3, 0.4) is 0 Å². The molecule has 1 heterocycles. The molecule has 0 aliphatic carbocycles. The van der Waals surface area contributed by atoms with Gasteiger partial charge in [0.2, 0.25) is 0 Å². The van der Waals surface area contributed by atoms with E-state index in [4.69, 9.17) is 4.74 Å². The van der Waals surface area contributed by atoms with Gasteiger partial charge in [-0.15, -0.1) is 0 Å². The number of phenolic OH excluding ortho intramolecular Hbond substituents is 1. The minimum atomic E-state index is -0.974. The van der Waals surface area contributed by atoms with E-state index >= 15 is 0 Å². The monoisotopic (exact) mass is 293 g/mol. The molecule has 6 heteroatoms. The molecule has 0 spiro atoms. The summed E-state index contributed by atoms with van der Waals surface area (Å²) in [5.74, 6) is -1.25. The predicted molar refractivity (Wildman–Crippen MR) is 75.3 cm³/mol. The van der Waals surface area contributed by atoms with Crippen molar-refractivity contribution in [2.75, 3.05) is 19.8 Å². The van der Waals surface area contributed by atoms with Gasteiger partial charge in [-0.1, -0.05) is 6.07 Å². The topological polar surface area (TPSA) is 95.9 Å². The molecule has 1 amide bonds. The Morgan fingerprint density at radius 2 is 2.00 bits per heavy atom. The van der Waals surface area contributed by atoms with Gasteiger partial charge >= 0.3 is 5.97 Å². The van der Waals surface area contributed by atoms with E-state index in [-0.39, 0.29) is 18.2 Å². The Morgan fingerprint density at radius 1 is 1.33 bits per heavy atom. The van der Waals surface area contributed by atoms with Gasteiger partial charge in [0, 0.05) is 30.9 Å². The Kier molecular flexibility index (Phi) is 4.47. The summed E-state index contributed by atoms with van der Waals surface area (Å²) < 4.78 is 5.19. The van der Waals surface area contributed by atoms with E-state index < -0.39 is 11.4 Å². The second-order valence-electron chi connectivity index (χ2n) is 5.33. The second-order valence-corrected chi connectivity index (χ2v) is 5.33. The van der Waals surface area contributed by atoms with E-state index in [0.29, 0.717) is 37.2 Å². The predicted octanol–water partition coefficient (Wildman–Crippen LogP) is 1.31. The number of rotatable bonds is 4. The fourth-order valence-electron chi connectivity index (χ4n) is 2.44. The van der Waals surface area contributed by atoms with Crippen LogP contribution in [-0.4, -0.2) is 41.8 Å². The van der Waals surface area contributed by atoms with E-state index in [1.165, 1.54) is 6.07 Å². The van der Waals surface area contributed by atoms with Crippen LogP contribution in [0, 0.1) is 12.3 Å². The highest BCUT2D eigenvalue weighted by Crippen LogP contribution is 2.30. The van der Waals surface area contributed by atoms with Gasteiger partial charge in [-0.05, 0) is 31.9 Å². The number of carbonyl (C=O) groups excluding carboxylic acids is 1. The first kappa shape index (κ1) is 15.3. The molecule has 114 valence electrons. The molecule has 1 aliphatic rings. The summed E-state index contributed by atoms with van der Waals surface area (Å²) in [6.07, 6.45) is 0.753. The van der Waals surface area contributed by atoms with Gasteiger partial charge in [-0.3, -0.25) is 9.59 Å². The highest BCUT2D eigenvalue weighted by Gasteiger charge is 2.40. The quantitative estimate of drug-likeness (QED) is 0.778. The number of carboxylic acid groups (broad SMARTS) is 1. The molecule has 0 atom stereocenters. The maximum Gasteiger partial charge on any atom is 0.311 e. The van der Waals surface area contributed by atoms with E-state index in [1.807, 2.05) is 0 Å². The third-order valence-corrected chi connectivity index (χ3v) is 4.04. The Bertz CT molecular complexity index is 549. The summed E-state index contributed by atoms with van der Waals surface area (Å²) >= 11 is 0. The highest BCUT2D eigenvalue weighted by molar-refractivity contribution is 5.96. The maximum atomic E-state index is 12.2. The van der Waals surface area contributed by atoms with Crippen LogP contribution in [0.4, 0.5) is 0 Å². The average molecular weight is 293 g/mol. The van der Waals surface area contributed by atoms with E-state index in [9.17, 15) is 19.8 Å². The zero-order valence-corrected chi connectivity index (χ0v) is 11.9. The molecule has 1 aromatic carbocycles. The maximum absolute atomic E-state index is 12.2. The first-order chi connectivity index (χ1) is 9.96. The van der Waals surface area contributed by atoms with Crippen LogP contribution in [0.1, 0.15) is 28.8 Å². The van der Waals surface area contributed by atoms with E-state index in [2.05, 4.69) is 5.32 Å². The van der Waals surface area contributed by atoms with E-state index in [0.717, 1.165) is 0 Å². The molecule has 21 heavy (non-hydrogen) atoms. The van der Waals surface area contributed by atoms with Crippen molar-refractivity contribution in [2.45, 2.75) is 19.8 Å².